The largest absolute Gasteiger partial charge is 0.493 e. The van der Waals surface area contributed by atoms with Gasteiger partial charge in [-0.1, -0.05) is 35.3 Å². The van der Waals surface area contributed by atoms with Crippen LogP contribution in [0.2, 0.25) is 10.0 Å². The minimum atomic E-state index is -0.370. The van der Waals surface area contributed by atoms with Crippen LogP contribution in [0.15, 0.2) is 58.9 Å². The first-order valence-corrected chi connectivity index (χ1v) is 12.3. The molecule has 0 radical (unpaired) electrons. The Balaban J connectivity index is 1.50. The minimum Gasteiger partial charge on any atom is -0.493 e. The highest BCUT2D eigenvalue weighted by Gasteiger charge is 2.40. The van der Waals surface area contributed by atoms with Crippen molar-refractivity contribution in [1.29, 1.82) is 0 Å². The zero-order valence-electron chi connectivity index (χ0n) is 18.9. The van der Waals surface area contributed by atoms with E-state index in [4.69, 9.17) is 32.7 Å². The molecule has 7 heteroatoms. The maximum absolute atomic E-state index is 13.0. The van der Waals surface area contributed by atoms with E-state index in [2.05, 4.69) is 5.32 Å². The summed E-state index contributed by atoms with van der Waals surface area (Å²) in [6.07, 6.45) is 4.33. The second-order valence-electron chi connectivity index (χ2n) is 8.84. The summed E-state index contributed by atoms with van der Waals surface area (Å²) in [4.78, 5) is 26.0. The molecule has 2 aromatic rings. The van der Waals surface area contributed by atoms with Crippen LogP contribution in [0.25, 0.3) is 0 Å². The Bertz CT molecular complexity index is 1210. The van der Waals surface area contributed by atoms with Gasteiger partial charge in [0.15, 0.2) is 23.1 Å². The Hall–Kier alpha value is -2.76. The monoisotopic (exact) mass is 497 g/mol. The lowest BCUT2D eigenvalue weighted by Gasteiger charge is -2.37. The molecule has 1 heterocycles. The average molecular weight is 498 g/mol. The van der Waals surface area contributed by atoms with Crippen molar-refractivity contribution >= 4 is 34.8 Å². The third-order valence-electron chi connectivity index (χ3n) is 6.69. The number of allylic oxidation sites excluding steroid dienone is 4. The van der Waals surface area contributed by atoms with Crippen LogP contribution < -0.4 is 14.8 Å². The summed E-state index contributed by atoms with van der Waals surface area (Å²) < 4.78 is 11.7. The topological polar surface area (TPSA) is 64.6 Å². The molecule has 1 N–H and O–H groups in total. The zero-order valence-corrected chi connectivity index (χ0v) is 20.4. The Kier molecular flexibility index (Phi) is 6.41. The number of dihydropyridines is 1. The number of methoxy groups -OCH3 is 1. The SMILES string of the molecule is COc1cc(C2C3=C(CCCC3=O)NC3=C2C(=O)CCC3)ccc1OCc1ccc(Cl)c(Cl)c1. The molecule has 0 fully saturated rings. The lowest BCUT2D eigenvalue weighted by Crippen LogP contribution is -2.36. The maximum Gasteiger partial charge on any atom is 0.161 e. The van der Waals surface area contributed by atoms with Gasteiger partial charge < -0.3 is 14.8 Å². The highest BCUT2D eigenvalue weighted by molar-refractivity contribution is 6.42. The lowest BCUT2D eigenvalue weighted by molar-refractivity contribution is -0.116. The molecule has 2 aliphatic carbocycles. The van der Waals surface area contributed by atoms with E-state index in [0.717, 1.165) is 59.4 Å². The molecule has 0 amide bonds. The number of Topliss-reactive ketones (excluding diaryl/α,β-unsaturated/α-hetero) is 2. The fraction of sp³-hybridized carbons (Fsp3) is 0.333. The fourth-order valence-corrected chi connectivity index (χ4v) is 5.41. The standard InChI is InChI=1S/C27H25Cl2NO4/c1-33-24-13-16(9-11-23(24)34-14-15-8-10-17(28)18(29)12-15)25-26-19(4-2-6-21(26)31)30-20-5-3-7-22(32)27(20)25/h8-13,25,30H,2-7,14H2,1H3. The van der Waals surface area contributed by atoms with Crippen LogP contribution in [0.3, 0.4) is 0 Å². The van der Waals surface area contributed by atoms with Crippen LogP contribution >= 0.6 is 23.2 Å². The summed E-state index contributed by atoms with van der Waals surface area (Å²) >= 11 is 12.1. The van der Waals surface area contributed by atoms with Gasteiger partial charge in [-0.15, -0.1) is 0 Å². The second-order valence-corrected chi connectivity index (χ2v) is 9.66. The average Bonchev–Trinajstić information content (AvgIpc) is 2.84. The molecule has 2 aromatic carbocycles. The zero-order chi connectivity index (χ0) is 23.8. The number of rotatable bonds is 5. The summed E-state index contributed by atoms with van der Waals surface area (Å²) in [7, 11) is 1.58. The van der Waals surface area contributed by atoms with Gasteiger partial charge in [0.2, 0.25) is 0 Å². The van der Waals surface area contributed by atoms with Gasteiger partial charge in [0, 0.05) is 41.3 Å². The molecule has 5 nitrogen and oxygen atoms in total. The molecule has 0 aromatic heterocycles. The number of carbonyl (C=O) groups is 2. The Morgan fingerprint density at radius 1 is 0.853 bits per heavy atom. The second kappa shape index (κ2) is 9.47. The maximum atomic E-state index is 13.0. The molecule has 0 saturated carbocycles. The summed E-state index contributed by atoms with van der Waals surface area (Å²) in [5.74, 6) is 0.974. The van der Waals surface area contributed by atoms with Crippen molar-refractivity contribution in [2.45, 2.75) is 51.0 Å². The highest BCUT2D eigenvalue weighted by atomic mass is 35.5. The molecule has 0 unspecified atom stereocenters. The van der Waals surface area contributed by atoms with Crippen LogP contribution in [0.5, 0.6) is 11.5 Å². The third-order valence-corrected chi connectivity index (χ3v) is 7.43. The van der Waals surface area contributed by atoms with E-state index in [-0.39, 0.29) is 17.5 Å². The van der Waals surface area contributed by atoms with Gasteiger partial charge in [-0.05, 0) is 61.1 Å². The van der Waals surface area contributed by atoms with Gasteiger partial charge in [-0.3, -0.25) is 9.59 Å². The van der Waals surface area contributed by atoms with Crippen LogP contribution in [0.4, 0.5) is 0 Å². The number of nitrogens with one attached hydrogen (secondary N) is 1. The van der Waals surface area contributed by atoms with Crippen molar-refractivity contribution in [2.75, 3.05) is 7.11 Å². The third kappa shape index (κ3) is 4.23. The summed E-state index contributed by atoms with van der Waals surface area (Å²) in [5.41, 5.74) is 5.13. The van der Waals surface area contributed by atoms with E-state index in [9.17, 15) is 9.59 Å². The van der Waals surface area contributed by atoms with Crippen molar-refractivity contribution in [3.05, 3.63) is 80.1 Å². The van der Waals surface area contributed by atoms with Crippen molar-refractivity contribution in [3.8, 4) is 11.5 Å². The van der Waals surface area contributed by atoms with E-state index < -0.39 is 0 Å². The predicted octanol–water partition coefficient (Wildman–Crippen LogP) is 6.28. The molecule has 176 valence electrons. The molecule has 3 aliphatic rings. The van der Waals surface area contributed by atoms with Gasteiger partial charge in [-0.25, -0.2) is 0 Å². The molecule has 0 bridgehead atoms. The molecule has 34 heavy (non-hydrogen) atoms. The smallest absolute Gasteiger partial charge is 0.161 e. The summed E-state index contributed by atoms with van der Waals surface area (Å²) in [5, 5.41) is 4.41. The minimum absolute atomic E-state index is 0.114. The lowest BCUT2D eigenvalue weighted by atomic mass is 9.71. The Labute approximate surface area is 208 Å². The Morgan fingerprint density at radius 3 is 2.15 bits per heavy atom. The number of ketones is 2. The first-order chi connectivity index (χ1) is 16.5. The quantitative estimate of drug-likeness (QED) is 0.526. The Morgan fingerprint density at radius 2 is 1.53 bits per heavy atom. The van der Waals surface area contributed by atoms with Crippen molar-refractivity contribution in [3.63, 3.8) is 0 Å². The molecule has 1 aliphatic heterocycles. The highest BCUT2D eigenvalue weighted by Crippen LogP contribution is 2.46. The number of hydrogen-bond acceptors (Lipinski definition) is 5. The number of halogens is 2. The van der Waals surface area contributed by atoms with Crippen LogP contribution in [0, 0.1) is 0 Å². The predicted molar refractivity (Wildman–Crippen MR) is 131 cm³/mol. The number of carbonyl (C=O) groups excluding carboxylic acids is 2. The number of ether oxygens (including phenoxy) is 2. The molecule has 0 saturated heterocycles. The van der Waals surface area contributed by atoms with Crippen molar-refractivity contribution < 1.29 is 19.1 Å². The van der Waals surface area contributed by atoms with Crippen LogP contribution in [-0.2, 0) is 16.2 Å². The molecule has 0 spiro atoms. The number of hydrogen-bond donors (Lipinski definition) is 1. The van der Waals surface area contributed by atoms with E-state index in [1.165, 1.54) is 0 Å². The van der Waals surface area contributed by atoms with E-state index in [1.807, 2.05) is 24.3 Å². The van der Waals surface area contributed by atoms with Crippen molar-refractivity contribution in [2.24, 2.45) is 0 Å². The first-order valence-electron chi connectivity index (χ1n) is 11.5. The van der Waals surface area contributed by atoms with E-state index in [1.54, 1.807) is 19.2 Å². The molecule has 5 rings (SSSR count). The first kappa shape index (κ1) is 23.0. The fourth-order valence-electron chi connectivity index (χ4n) is 5.09. The van der Waals surface area contributed by atoms with Crippen molar-refractivity contribution in [1.82, 2.24) is 5.32 Å². The molecular formula is C27H25Cl2NO4. The number of benzene rings is 2. The van der Waals surface area contributed by atoms with Gasteiger partial charge >= 0.3 is 0 Å². The normalized spacial score (nSPS) is 18.4. The van der Waals surface area contributed by atoms with E-state index in [0.29, 0.717) is 41.0 Å². The summed E-state index contributed by atoms with van der Waals surface area (Å²) in [6, 6.07) is 11.0. The van der Waals surface area contributed by atoms with Crippen LogP contribution in [0.1, 0.15) is 55.6 Å². The van der Waals surface area contributed by atoms with Gasteiger partial charge in [0.05, 0.1) is 17.2 Å². The van der Waals surface area contributed by atoms with E-state index >= 15 is 0 Å². The van der Waals surface area contributed by atoms with Gasteiger partial charge in [0.25, 0.3) is 0 Å². The summed E-state index contributed by atoms with van der Waals surface area (Å²) in [6.45, 7) is 0.293. The molecular weight excluding hydrogens is 473 g/mol. The molecule has 0 atom stereocenters. The van der Waals surface area contributed by atoms with Gasteiger partial charge in [0.1, 0.15) is 6.61 Å². The van der Waals surface area contributed by atoms with Crippen LogP contribution in [-0.4, -0.2) is 18.7 Å². The van der Waals surface area contributed by atoms with Gasteiger partial charge in [-0.2, -0.15) is 0 Å².